The van der Waals surface area contributed by atoms with Crippen molar-refractivity contribution in [3.63, 3.8) is 0 Å². The molecule has 0 aromatic heterocycles. The van der Waals surface area contributed by atoms with Crippen molar-refractivity contribution in [3.05, 3.63) is 78.4 Å². The minimum atomic E-state index is -3.79. The van der Waals surface area contributed by atoms with Crippen LogP contribution >= 0.6 is 12.2 Å². The second kappa shape index (κ2) is 12.4. The molecule has 0 bridgehead atoms. The first-order valence-corrected chi connectivity index (χ1v) is 13.2. The Kier molecular flexibility index (Phi) is 9.26. The summed E-state index contributed by atoms with van der Waals surface area (Å²) in [7, 11) is -2.25. The second-order valence-electron chi connectivity index (χ2n) is 8.29. The van der Waals surface area contributed by atoms with Gasteiger partial charge in [-0.05, 0) is 85.2 Å². The van der Waals surface area contributed by atoms with E-state index in [2.05, 4.69) is 29.2 Å². The van der Waals surface area contributed by atoms with E-state index in [9.17, 15) is 13.2 Å². The number of para-hydroxylation sites is 1. The van der Waals surface area contributed by atoms with Gasteiger partial charge in [0.15, 0.2) is 5.11 Å². The third-order valence-corrected chi connectivity index (χ3v) is 6.68. The summed E-state index contributed by atoms with van der Waals surface area (Å²) in [5.41, 5.74) is 1.30. The van der Waals surface area contributed by atoms with Gasteiger partial charge in [0, 0.05) is 11.4 Å². The molecule has 3 rings (SSSR count). The Hall–Kier alpha value is -3.63. The zero-order chi connectivity index (χ0) is 26.1. The van der Waals surface area contributed by atoms with E-state index in [4.69, 9.17) is 21.7 Å². The highest BCUT2D eigenvalue weighted by Gasteiger charge is 2.16. The van der Waals surface area contributed by atoms with Crippen LogP contribution in [0.15, 0.2) is 77.7 Å². The number of amides is 1. The molecular weight excluding hydrogens is 498 g/mol. The van der Waals surface area contributed by atoms with Crippen LogP contribution in [0.4, 0.5) is 11.4 Å². The average molecular weight is 528 g/mol. The van der Waals surface area contributed by atoms with E-state index in [-0.39, 0.29) is 10.0 Å². The highest BCUT2D eigenvalue weighted by Crippen LogP contribution is 2.21. The molecule has 36 heavy (non-hydrogen) atoms. The summed E-state index contributed by atoms with van der Waals surface area (Å²) in [6.07, 6.45) is 0.872. The molecule has 0 atom stereocenters. The normalized spacial score (nSPS) is 11.0. The van der Waals surface area contributed by atoms with Crippen LogP contribution in [0.1, 0.15) is 30.6 Å². The van der Waals surface area contributed by atoms with Crippen molar-refractivity contribution in [1.82, 2.24) is 5.32 Å². The summed E-state index contributed by atoms with van der Waals surface area (Å²) >= 11 is 5.27. The van der Waals surface area contributed by atoms with Gasteiger partial charge in [0.05, 0.1) is 24.2 Å². The predicted octanol–water partition coefficient (Wildman–Crippen LogP) is 5.05. The molecule has 1 amide bonds. The van der Waals surface area contributed by atoms with Gasteiger partial charge in [-0.1, -0.05) is 26.0 Å². The third-order valence-electron chi connectivity index (χ3n) is 5.08. The monoisotopic (exact) mass is 527 g/mol. The molecule has 0 heterocycles. The van der Waals surface area contributed by atoms with Crippen LogP contribution in [0.25, 0.3) is 0 Å². The number of thiocarbonyl (C=S) groups is 1. The zero-order valence-corrected chi connectivity index (χ0v) is 21.9. The van der Waals surface area contributed by atoms with E-state index in [1.165, 1.54) is 19.2 Å². The van der Waals surface area contributed by atoms with Crippen LogP contribution in [0, 0.1) is 5.92 Å². The van der Waals surface area contributed by atoms with Crippen molar-refractivity contribution in [2.45, 2.75) is 25.2 Å². The molecule has 3 N–H and O–H groups in total. The van der Waals surface area contributed by atoms with Crippen LogP contribution in [0.2, 0.25) is 0 Å². The molecule has 3 aromatic carbocycles. The summed E-state index contributed by atoms with van der Waals surface area (Å²) in [5, 5.41) is 5.60. The largest absolute Gasteiger partial charge is 0.497 e. The highest BCUT2D eigenvalue weighted by molar-refractivity contribution is 7.92. The highest BCUT2D eigenvalue weighted by atomic mass is 32.2. The SMILES string of the molecule is COc1ccc(NS(=O)(=O)c2ccc(NC(=S)NC(=O)c3ccccc3OCCC(C)C)cc2)cc1. The van der Waals surface area contributed by atoms with Crippen molar-refractivity contribution < 1.29 is 22.7 Å². The average Bonchev–Trinajstić information content (AvgIpc) is 2.84. The Labute approximate surface area is 217 Å². The molecule has 0 fully saturated rings. The summed E-state index contributed by atoms with van der Waals surface area (Å²) < 4.78 is 38.7. The Morgan fingerprint density at radius 1 is 0.944 bits per heavy atom. The number of nitrogens with one attached hydrogen (secondary N) is 3. The Bertz CT molecular complexity index is 1290. The summed E-state index contributed by atoms with van der Waals surface area (Å²) in [5.74, 6) is 1.19. The number of benzene rings is 3. The Balaban J connectivity index is 1.59. The zero-order valence-electron chi connectivity index (χ0n) is 20.3. The molecule has 10 heteroatoms. The molecule has 8 nitrogen and oxygen atoms in total. The van der Waals surface area contributed by atoms with Gasteiger partial charge in [-0.2, -0.15) is 0 Å². The van der Waals surface area contributed by atoms with E-state index in [0.29, 0.717) is 41.0 Å². The van der Waals surface area contributed by atoms with E-state index < -0.39 is 15.9 Å². The number of carbonyl (C=O) groups is 1. The van der Waals surface area contributed by atoms with Gasteiger partial charge in [-0.15, -0.1) is 0 Å². The maximum Gasteiger partial charge on any atom is 0.261 e. The van der Waals surface area contributed by atoms with Crippen LogP contribution in [-0.4, -0.2) is 33.2 Å². The Morgan fingerprint density at radius 2 is 1.58 bits per heavy atom. The van der Waals surface area contributed by atoms with Crippen LogP contribution in [0.3, 0.4) is 0 Å². The quantitative estimate of drug-likeness (QED) is 0.317. The first-order valence-electron chi connectivity index (χ1n) is 11.3. The van der Waals surface area contributed by atoms with Crippen molar-refractivity contribution in [1.29, 1.82) is 0 Å². The molecule has 0 radical (unpaired) electrons. The molecular formula is C26H29N3O5S2. The van der Waals surface area contributed by atoms with E-state index in [1.807, 2.05) is 0 Å². The number of methoxy groups -OCH3 is 1. The van der Waals surface area contributed by atoms with Gasteiger partial charge in [0.25, 0.3) is 15.9 Å². The topological polar surface area (TPSA) is 106 Å². The van der Waals surface area contributed by atoms with E-state index in [0.717, 1.165) is 6.42 Å². The lowest BCUT2D eigenvalue weighted by molar-refractivity contribution is 0.0973. The predicted molar refractivity (Wildman–Crippen MR) is 145 cm³/mol. The van der Waals surface area contributed by atoms with Gasteiger partial charge in [-0.3, -0.25) is 14.8 Å². The minimum Gasteiger partial charge on any atom is -0.497 e. The number of carbonyl (C=O) groups excluding carboxylic acids is 1. The fraction of sp³-hybridized carbons (Fsp3) is 0.231. The summed E-state index contributed by atoms with van der Waals surface area (Å²) in [4.78, 5) is 12.8. The minimum absolute atomic E-state index is 0.0731. The molecule has 0 unspecified atom stereocenters. The summed E-state index contributed by atoms with van der Waals surface area (Å²) in [6, 6.07) is 19.5. The molecule has 0 saturated heterocycles. The van der Waals surface area contributed by atoms with Gasteiger partial charge in [0.2, 0.25) is 0 Å². The lowest BCUT2D eigenvalue weighted by Crippen LogP contribution is -2.34. The number of rotatable bonds is 10. The van der Waals surface area contributed by atoms with Gasteiger partial charge < -0.3 is 14.8 Å². The maximum absolute atomic E-state index is 12.7. The second-order valence-corrected chi connectivity index (χ2v) is 10.4. The lowest BCUT2D eigenvalue weighted by Gasteiger charge is -2.14. The number of anilines is 2. The molecule has 0 aliphatic carbocycles. The maximum atomic E-state index is 12.7. The van der Waals surface area contributed by atoms with Gasteiger partial charge >= 0.3 is 0 Å². The first-order chi connectivity index (χ1) is 17.2. The van der Waals surface area contributed by atoms with Crippen molar-refractivity contribution in [2.75, 3.05) is 23.8 Å². The number of sulfonamides is 1. The molecule has 0 saturated carbocycles. The molecule has 0 spiro atoms. The fourth-order valence-corrected chi connectivity index (χ4v) is 4.38. The van der Waals surface area contributed by atoms with E-state index >= 15 is 0 Å². The van der Waals surface area contributed by atoms with Crippen molar-refractivity contribution in [3.8, 4) is 11.5 Å². The third kappa shape index (κ3) is 7.69. The fourth-order valence-electron chi connectivity index (χ4n) is 3.11. The molecule has 3 aromatic rings. The Morgan fingerprint density at radius 3 is 2.22 bits per heavy atom. The number of ether oxygens (including phenoxy) is 2. The van der Waals surface area contributed by atoms with Gasteiger partial charge in [0.1, 0.15) is 11.5 Å². The van der Waals surface area contributed by atoms with Crippen molar-refractivity contribution in [2.24, 2.45) is 5.92 Å². The number of hydrogen-bond donors (Lipinski definition) is 3. The van der Waals surface area contributed by atoms with E-state index in [1.54, 1.807) is 60.7 Å². The number of hydrogen-bond acceptors (Lipinski definition) is 6. The first kappa shape index (κ1) is 27.0. The smallest absolute Gasteiger partial charge is 0.261 e. The molecule has 0 aliphatic heterocycles. The van der Waals surface area contributed by atoms with Gasteiger partial charge in [-0.25, -0.2) is 8.42 Å². The van der Waals surface area contributed by atoms with Crippen molar-refractivity contribution >= 4 is 44.6 Å². The van der Waals surface area contributed by atoms with Crippen LogP contribution in [0.5, 0.6) is 11.5 Å². The lowest BCUT2D eigenvalue weighted by atomic mass is 10.1. The van der Waals surface area contributed by atoms with Crippen LogP contribution < -0.4 is 24.8 Å². The molecule has 190 valence electrons. The van der Waals surface area contributed by atoms with Crippen LogP contribution in [-0.2, 0) is 10.0 Å². The molecule has 0 aliphatic rings. The summed E-state index contributed by atoms with van der Waals surface area (Å²) in [6.45, 7) is 4.71. The standard InChI is InChI=1S/C26H29N3O5S2/c1-18(2)16-17-34-24-7-5-4-6-23(24)25(30)28-26(35)27-19-10-14-22(15-11-19)36(31,32)29-20-8-12-21(33-3)13-9-20/h4-15,18,29H,16-17H2,1-3H3,(H2,27,28,30,35).